The van der Waals surface area contributed by atoms with Gasteiger partial charge in [0.25, 0.3) is 0 Å². The third kappa shape index (κ3) is 5.22. The van der Waals surface area contributed by atoms with Gasteiger partial charge >= 0.3 is 5.97 Å². The van der Waals surface area contributed by atoms with Crippen LogP contribution in [0.5, 0.6) is 0 Å². The van der Waals surface area contributed by atoms with Crippen LogP contribution in [0.2, 0.25) is 0 Å². The Morgan fingerprint density at radius 1 is 1.12 bits per heavy atom. The smallest absolute Gasteiger partial charge is 0.311 e. The van der Waals surface area contributed by atoms with Gasteiger partial charge in [-0.05, 0) is 12.5 Å². The number of alkyl halides is 6. The molecule has 0 spiro atoms. The second-order valence-corrected chi connectivity index (χ2v) is 10.3. The largest absolute Gasteiger partial charge is 0.481 e. The Bertz CT molecular complexity index is 755. The molecule has 5 nitrogen and oxygen atoms in total. The lowest BCUT2D eigenvalue weighted by molar-refractivity contribution is -0.138. The van der Waals surface area contributed by atoms with E-state index in [0.717, 1.165) is 0 Å². The van der Waals surface area contributed by atoms with E-state index in [2.05, 4.69) is 15.0 Å². The van der Waals surface area contributed by atoms with Gasteiger partial charge in [-0.1, -0.05) is 76.5 Å². The highest BCUT2D eigenvalue weighted by atomic mass is 35.6. The van der Waals surface area contributed by atoms with Crippen LogP contribution in [0.25, 0.3) is 11.4 Å². The molecule has 0 aliphatic carbocycles. The van der Waals surface area contributed by atoms with E-state index in [4.69, 9.17) is 69.6 Å². The number of aliphatic carboxylic acids is 1. The fourth-order valence-corrected chi connectivity index (χ4v) is 3.48. The number of thiophene rings is 1. The van der Waals surface area contributed by atoms with Crippen molar-refractivity contribution in [1.82, 2.24) is 15.0 Å². The number of nitrogens with zero attached hydrogens (tertiary/aromatic N) is 3. The van der Waals surface area contributed by atoms with Crippen molar-refractivity contribution < 1.29 is 9.90 Å². The molecule has 1 unspecified atom stereocenters. The van der Waals surface area contributed by atoms with Gasteiger partial charge < -0.3 is 5.11 Å². The van der Waals surface area contributed by atoms with E-state index < -0.39 is 19.5 Å². The number of hydrogen-bond acceptors (Lipinski definition) is 5. The number of halogens is 6. The number of hydrogen-bond donors (Lipinski definition) is 1. The maximum atomic E-state index is 11.3. The number of carboxylic acid groups (broad SMARTS) is 1. The topological polar surface area (TPSA) is 76.0 Å². The van der Waals surface area contributed by atoms with E-state index in [1.165, 1.54) is 11.3 Å². The Balaban J connectivity index is 2.56. The summed E-state index contributed by atoms with van der Waals surface area (Å²) in [6.07, 6.45) is 0.436. The van der Waals surface area contributed by atoms with Gasteiger partial charge in [-0.2, -0.15) is 0 Å². The molecule has 2 aromatic heterocycles. The summed E-state index contributed by atoms with van der Waals surface area (Å²) < 4.78 is -3.90. The van der Waals surface area contributed by atoms with Gasteiger partial charge in [0.1, 0.15) is 0 Å². The molecule has 0 saturated carbocycles. The predicted octanol–water partition coefficient (Wildman–Crippen LogP) is 5.83. The fourth-order valence-electron chi connectivity index (χ4n) is 1.91. The highest BCUT2D eigenvalue weighted by Gasteiger charge is 2.34. The van der Waals surface area contributed by atoms with Crippen molar-refractivity contribution in [3.05, 3.63) is 28.0 Å². The number of carboxylic acids is 1. The highest BCUT2D eigenvalue weighted by molar-refractivity contribution is 7.10. The molecule has 0 aromatic carbocycles. The first-order valence-electron chi connectivity index (χ1n) is 6.65. The molecule has 0 fully saturated rings. The van der Waals surface area contributed by atoms with E-state index in [1.54, 1.807) is 18.4 Å². The van der Waals surface area contributed by atoms with Crippen LogP contribution in [0.15, 0.2) is 11.4 Å². The van der Waals surface area contributed by atoms with E-state index in [9.17, 15) is 9.90 Å². The van der Waals surface area contributed by atoms with Gasteiger partial charge in [-0.3, -0.25) is 4.79 Å². The van der Waals surface area contributed by atoms with Crippen LogP contribution in [-0.4, -0.2) is 26.0 Å². The summed E-state index contributed by atoms with van der Waals surface area (Å²) in [6, 6.07) is 1.65. The molecule has 12 heteroatoms. The van der Waals surface area contributed by atoms with E-state index >= 15 is 0 Å². The van der Waals surface area contributed by atoms with Crippen LogP contribution < -0.4 is 0 Å². The molecule has 1 atom stereocenters. The maximum Gasteiger partial charge on any atom is 0.311 e. The summed E-state index contributed by atoms with van der Waals surface area (Å²) in [5.41, 5.74) is 0.508. The van der Waals surface area contributed by atoms with Crippen LogP contribution in [0.3, 0.4) is 0 Å². The molecule has 0 aliphatic rings. The molecule has 25 heavy (non-hydrogen) atoms. The minimum absolute atomic E-state index is 0.111. The van der Waals surface area contributed by atoms with E-state index in [-0.39, 0.29) is 17.5 Å². The lowest BCUT2D eigenvalue weighted by atomic mass is 10.0. The van der Waals surface area contributed by atoms with Gasteiger partial charge in [0, 0.05) is 15.8 Å². The minimum Gasteiger partial charge on any atom is -0.481 e. The average molecular weight is 484 g/mol. The molecule has 1 N–H and O–H groups in total. The molecule has 2 heterocycles. The Kier molecular flexibility index (Phi) is 6.69. The Labute approximate surface area is 177 Å². The highest BCUT2D eigenvalue weighted by Crippen LogP contribution is 2.41. The monoisotopic (exact) mass is 481 g/mol. The summed E-state index contributed by atoms with van der Waals surface area (Å²) in [5.74, 6) is -1.86. The van der Waals surface area contributed by atoms with Gasteiger partial charge in [0.2, 0.25) is 7.59 Å². The zero-order chi connectivity index (χ0) is 19.0. The molecular weight excluding hydrogens is 475 g/mol. The zero-order valence-electron chi connectivity index (χ0n) is 12.3. The van der Waals surface area contributed by atoms with Crippen LogP contribution in [0, 0.1) is 0 Å². The molecule has 0 aliphatic heterocycles. The Hall–Kier alpha value is -0.0800. The van der Waals surface area contributed by atoms with Gasteiger partial charge in [0.05, 0.1) is 5.92 Å². The van der Waals surface area contributed by atoms with Crippen molar-refractivity contribution in [3.8, 4) is 11.4 Å². The van der Waals surface area contributed by atoms with Gasteiger partial charge in [-0.15, -0.1) is 11.3 Å². The predicted molar refractivity (Wildman–Crippen MR) is 102 cm³/mol. The van der Waals surface area contributed by atoms with Crippen molar-refractivity contribution >= 4 is 86.9 Å². The minimum atomic E-state index is -1.95. The van der Waals surface area contributed by atoms with Crippen LogP contribution in [-0.2, 0) is 12.4 Å². The molecule has 0 saturated heterocycles. The Morgan fingerprint density at radius 2 is 1.64 bits per heavy atom. The summed E-state index contributed by atoms with van der Waals surface area (Å²) in [4.78, 5) is 24.0. The third-order valence-corrected chi connectivity index (χ3v) is 5.13. The van der Waals surface area contributed by atoms with Crippen molar-refractivity contribution in [2.45, 2.75) is 26.8 Å². The average Bonchev–Trinajstić information content (AvgIpc) is 2.95. The maximum absolute atomic E-state index is 11.3. The van der Waals surface area contributed by atoms with Crippen LogP contribution in [0.4, 0.5) is 0 Å². The molecule has 0 bridgehead atoms. The quantitative estimate of drug-likeness (QED) is 0.553. The van der Waals surface area contributed by atoms with Crippen LogP contribution in [0.1, 0.15) is 35.8 Å². The fraction of sp³-hybridized carbons (Fsp3) is 0.385. The first-order chi connectivity index (χ1) is 11.4. The molecule has 2 rings (SSSR count). The lowest BCUT2D eigenvalue weighted by Gasteiger charge is -2.15. The molecule has 136 valence electrons. The normalized spacial score (nSPS) is 13.7. The van der Waals surface area contributed by atoms with Crippen molar-refractivity contribution in [1.29, 1.82) is 0 Å². The van der Waals surface area contributed by atoms with E-state index in [0.29, 0.717) is 16.9 Å². The SMILES string of the molecule is CCC(C(=O)O)c1cc(-c2nc(C(Cl)(Cl)Cl)nc(C(Cl)(Cl)Cl)n2)cs1. The summed E-state index contributed by atoms with van der Waals surface area (Å²) in [7, 11) is 0. The standard InChI is InChI=1S/C13H9Cl6N3O2S/c1-2-6(9(23)24)7-3-5(4-25-7)8-20-10(12(14,15)16)22-11(21-8)13(17,18)19/h3-4,6H,2H2,1H3,(H,23,24). The zero-order valence-corrected chi connectivity index (χ0v) is 17.7. The summed E-state index contributed by atoms with van der Waals surface area (Å²) >= 11 is 36.3. The second-order valence-electron chi connectivity index (χ2n) is 4.84. The number of aromatic nitrogens is 3. The first-order valence-corrected chi connectivity index (χ1v) is 9.80. The first kappa shape index (κ1) is 21.2. The van der Waals surface area contributed by atoms with Crippen LogP contribution >= 0.6 is 80.9 Å². The number of rotatable bonds is 4. The van der Waals surface area contributed by atoms with E-state index in [1.807, 2.05) is 0 Å². The summed E-state index contributed by atoms with van der Waals surface area (Å²) in [5, 5.41) is 10.9. The van der Waals surface area contributed by atoms with Gasteiger partial charge in [0.15, 0.2) is 17.5 Å². The molecular formula is C13H9Cl6N3O2S. The lowest BCUT2D eigenvalue weighted by Crippen LogP contribution is -2.16. The Morgan fingerprint density at radius 3 is 2.04 bits per heavy atom. The van der Waals surface area contributed by atoms with Crippen molar-refractivity contribution in [2.24, 2.45) is 0 Å². The number of carbonyl (C=O) groups is 1. The molecule has 2 aromatic rings. The van der Waals surface area contributed by atoms with Gasteiger partial charge in [-0.25, -0.2) is 15.0 Å². The summed E-state index contributed by atoms with van der Waals surface area (Å²) in [6.45, 7) is 1.78. The third-order valence-electron chi connectivity index (χ3n) is 3.07. The molecule has 0 radical (unpaired) electrons. The van der Waals surface area contributed by atoms with Crippen molar-refractivity contribution in [3.63, 3.8) is 0 Å². The van der Waals surface area contributed by atoms with Crippen molar-refractivity contribution in [2.75, 3.05) is 0 Å². The molecule has 0 amide bonds. The second kappa shape index (κ2) is 7.89.